The normalized spacial score (nSPS) is 11.8. The second-order valence-corrected chi connectivity index (χ2v) is 4.39. The van der Waals surface area contributed by atoms with Crippen molar-refractivity contribution < 1.29 is 23.0 Å². The third-order valence-electron chi connectivity index (χ3n) is 2.56. The molecular weight excluding hydrogens is 273 g/mol. The lowest BCUT2D eigenvalue weighted by Gasteiger charge is -2.22. The average molecular weight is 292 g/mol. The number of anilines is 1. The van der Waals surface area contributed by atoms with Crippen LogP contribution in [0, 0.1) is 0 Å². The summed E-state index contributed by atoms with van der Waals surface area (Å²) in [5.41, 5.74) is 6.15. The molecule has 0 saturated carbocycles. The fraction of sp³-hybridized carbons (Fsp3) is 0.538. The number of nitrogens with two attached hydrogens (primary N) is 1. The summed E-state index contributed by atoms with van der Waals surface area (Å²) in [6.45, 7) is -0.818. The van der Waals surface area contributed by atoms with Gasteiger partial charge < -0.3 is 15.6 Å². The minimum Gasteiger partial charge on any atom is -0.493 e. The van der Waals surface area contributed by atoms with E-state index in [2.05, 4.69) is 0 Å². The van der Waals surface area contributed by atoms with Gasteiger partial charge in [-0.2, -0.15) is 13.2 Å². The molecule has 1 rings (SSSR count). The first-order valence-corrected chi connectivity index (χ1v) is 6.29. The van der Waals surface area contributed by atoms with Crippen molar-refractivity contribution in [2.45, 2.75) is 12.6 Å². The molecule has 0 unspecified atom stereocenters. The Hall–Kier alpha value is -1.47. The summed E-state index contributed by atoms with van der Waals surface area (Å²) >= 11 is 0. The molecule has 0 aliphatic heterocycles. The van der Waals surface area contributed by atoms with E-state index >= 15 is 0 Å². The Morgan fingerprint density at radius 2 is 2.00 bits per heavy atom. The minimum absolute atomic E-state index is 0.00219. The molecule has 0 amide bonds. The summed E-state index contributed by atoms with van der Waals surface area (Å²) in [5, 5.41) is 8.74. The van der Waals surface area contributed by atoms with Crippen molar-refractivity contribution in [1.82, 2.24) is 4.90 Å². The number of alkyl halides is 3. The van der Waals surface area contributed by atoms with E-state index < -0.39 is 12.7 Å². The van der Waals surface area contributed by atoms with E-state index in [0.717, 1.165) is 4.90 Å². The Morgan fingerprint density at radius 3 is 2.60 bits per heavy atom. The lowest BCUT2D eigenvalue weighted by Crippen LogP contribution is -2.37. The first kappa shape index (κ1) is 16.6. The van der Waals surface area contributed by atoms with Crippen LogP contribution in [0.3, 0.4) is 0 Å². The van der Waals surface area contributed by atoms with Crippen LogP contribution in [-0.4, -0.2) is 49.0 Å². The Morgan fingerprint density at radius 1 is 1.25 bits per heavy atom. The van der Waals surface area contributed by atoms with Gasteiger partial charge in [0.1, 0.15) is 5.75 Å². The predicted molar refractivity (Wildman–Crippen MR) is 70.5 cm³/mol. The molecule has 0 fully saturated rings. The quantitative estimate of drug-likeness (QED) is 0.567. The number of nitrogen functional groups attached to an aromatic ring is 1. The highest BCUT2D eigenvalue weighted by Gasteiger charge is 2.30. The standard InChI is InChI=1S/C13H19F3N2O2/c14-13(15,16)10-18(6-7-19)5-2-8-20-12-4-1-3-11(17)9-12/h1,3-4,9,19H,2,5-8,10,17H2. The van der Waals surface area contributed by atoms with E-state index in [1.54, 1.807) is 24.3 Å². The summed E-state index contributed by atoms with van der Waals surface area (Å²) in [7, 11) is 0. The summed E-state index contributed by atoms with van der Waals surface area (Å²) in [5.74, 6) is 0.592. The van der Waals surface area contributed by atoms with Gasteiger partial charge in [-0.15, -0.1) is 0 Å². The fourth-order valence-corrected chi connectivity index (χ4v) is 1.75. The monoisotopic (exact) mass is 292 g/mol. The molecule has 3 N–H and O–H groups in total. The van der Waals surface area contributed by atoms with Crippen molar-refractivity contribution in [3.8, 4) is 5.75 Å². The van der Waals surface area contributed by atoms with E-state index in [4.69, 9.17) is 15.6 Å². The number of halogens is 3. The molecule has 0 bridgehead atoms. The molecule has 0 radical (unpaired) electrons. The molecule has 0 aliphatic rings. The van der Waals surface area contributed by atoms with E-state index in [9.17, 15) is 13.2 Å². The maximum absolute atomic E-state index is 12.3. The number of nitrogens with zero attached hydrogens (tertiary/aromatic N) is 1. The largest absolute Gasteiger partial charge is 0.493 e. The van der Waals surface area contributed by atoms with Crippen molar-refractivity contribution >= 4 is 5.69 Å². The summed E-state index contributed by atoms with van der Waals surface area (Å²) in [6.07, 6.45) is -3.82. The van der Waals surface area contributed by atoms with Gasteiger partial charge in [0.25, 0.3) is 0 Å². The van der Waals surface area contributed by atoms with Gasteiger partial charge >= 0.3 is 6.18 Å². The van der Waals surface area contributed by atoms with Gasteiger partial charge in [-0.3, -0.25) is 4.90 Å². The van der Waals surface area contributed by atoms with Gasteiger partial charge in [-0.25, -0.2) is 0 Å². The van der Waals surface area contributed by atoms with Gasteiger partial charge in [0.15, 0.2) is 0 Å². The SMILES string of the molecule is Nc1cccc(OCCCN(CCO)CC(F)(F)F)c1. The molecule has 20 heavy (non-hydrogen) atoms. The van der Waals surface area contributed by atoms with E-state index in [1.165, 1.54) is 0 Å². The van der Waals surface area contributed by atoms with Gasteiger partial charge in [-0.1, -0.05) is 6.07 Å². The fourth-order valence-electron chi connectivity index (χ4n) is 1.75. The summed E-state index contributed by atoms with van der Waals surface area (Å²) in [4.78, 5) is 1.16. The second kappa shape index (κ2) is 7.96. The van der Waals surface area contributed by atoms with Crippen molar-refractivity contribution in [3.63, 3.8) is 0 Å². The van der Waals surface area contributed by atoms with Crippen molar-refractivity contribution in [2.24, 2.45) is 0 Å². The van der Waals surface area contributed by atoms with Crippen LogP contribution < -0.4 is 10.5 Å². The number of hydrogen-bond acceptors (Lipinski definition) is 4. The van der Waals surface area contributed by atoms with Crippen LogP contribution in [0.15, 0.2) is 24.3 Å². The van der Waals surface area contributed by atoms with Crippen LogP contribution in [-0.2, 0) is 0 Å². The predicted octanol–water partition coefficient (Wildman–Crippen LogP) is 1.89. The first-order valence-electron chi connectivity index (χ1n) is 6.29. The minimum atomic E-state index is -4.26. The van der Waals surface area contributed by atoms with Crippen LogP contribution in [0.25, 0.3) is 0 Å². The molecular formula is C13H19F3N2O2. The van der Waals surface area contributed by atoms with Gasteiger partial charge in [0.05, 0.1) is 19.8 Å². The zero-order valence-corrected chi connectivity index (χ0v) is 11.1. The lowest BCUT2D eigenvalue weighted by molar-refractivity contribution is -0.147. The van der Waals surface area contributed by atoms with Gasteiger partial charge in [-0.05, 0) is 18.6 Å². The van der Waals surface area contributed by atoms with Gasteiger partial charge in [0, 0.05) is 24.8 Å². The van der Waals surface area contributed by atoms with Crippen molar-refractivity contribution in [2.75, 3.05) is 38.6 Å². The molecule has 114 valence electrons. The molecule has 4 nitrogen and oxygen atoms in total. The third-order valence-corrected chi connectivity index (χ3v) is 2.56. The summed E-state index contributed by atoms with van der Waals surface area (Å²) in [6, 6.07) is 6.85. The van der Waals surface area contributed by atoms with Crippen LogP contribution in [0.4, 0.5) is 18.9 Å². The third kappa shape index (κ3) is 7.20. The van der Waals surface area contributed by atoms with Crippen molar-refractivity contribution in [3.05, 3.63) is 24.3 Å². The highest BCUT2D eigenvalue weighted by atomic mass is 19.4. The number of benzene rings is 1. The van der Waals surface area contributed by atoms with Crippen LogP contribution in [0.2, 0.25) is 0 Å². The molecule has 0 spiro atoms. The maximum atomic E-state index is 12.3. The number of rotatable bonds is 8. The molecule has 1 aromatic rings. The first-order chi connectivity index (χ1) is 9.40. The number of hydrogen-bond donors (Lipinski definition) is 2. The van der Waals surface area contributed by atoms with Crippen LogP contribution in [0.1, 0.15) is 6.42 Å². The molecule has 0 aliphatic carbocycles. The molecule has 0 aromatic heterocycles. The van der Waals surface area contributed by atoms with Gasteiger partial charge in [0.2, 0.25) is 0 Å². The van der Waals surface area contributed by atoms with Crippen LogP contribution in [0.5, 0.6) is 5.75 Å². The topological polar surface area (TPSA) is 58.7 Å². The Kier molecular flexibility index (Phi) is 6.60. The smallest absolute Gasteiger partial charge is 0.401 e. The Bertz CT molecular complexity index is 399. The highest BCUT2D eigenvalue weighted by Crippen LogP contribution is 2.17. The second-order valence-electron chi connectivity index (χ2n) is 4.39. The lowest BCUT2D eigenvalue weighted by atomic mass is 10.3. The number of aliphatic hydroxyl groups excluding tert-OH is 1. The highest BCUT2D eigenvalue weighted by molar-refractivity contribution is 5.43. The Balaban J connectivity index is 2.30. The number of aliphatic hydroxyl groups is 1. The number of ether oxygens (including phenoxy) is 1. The molecule has 0 atom stereocenters. The Labute approximate surface area is 115 Å². The maximum Gasteiger partial charge on any atom is 0.401 e. The zero-order valence-electron chi connectivity index (χ0n) is 11.1. The van der Waals surface area contributed by atoms with Crippen LogP contribution >= 0.6 is 0 Å². The average Bonchev–Trinajstić information content (AvgIpc) is 2.33. The molecule has 7 heteroatoms. The molecule has 1 aromatic carbocycles. The van der Waals surface area contributed by atoms with E-state index in [1.807, 2.05) is 0 Å². The van der Waals surface area contributed by atoms with Crippen molar-refractivity contribution in [1.29, 1.82) is 0 Å². The molecule has 0 saturated heterocycles. The zero-order chi connectivity index (χ0) is 15.0. The van der Waals surface area contributed by atoms with E-state index in [0.29, 0.717) is 24.5 Å². The molecule has 0 heterocycles. The summed E-state index contributed by atoms with van der Waals surface area (Å²) < 4.78 is 42.2. The van der Waals surface area contributed by atoms with E-state index in [-0.39, 0.29) is 19.7 Å².